The highest BCUT2D eigenvalue weighted by atomic mass is 16.6. The average Bonchev–Trinajstić information content (AvgIpc) is 3.03. The van der Waals surface area contributed by atoms with Gasteiger partial charge in [-0.3, -0.25) is 0 Å². The average molecular weight is 322 g/mol. The number of aliphatic hydroxyl groups is 1. The van der Waals surface area contributed by atoms with Crippen molar-refractivity contribution in [3.63, 3.8) is 0 Å². The Morgan fingerprint density at radius 3 is 2.54 bits per heavy atom. The minimum atomic E-state index is -1.06. The van der Waals surface area contributed by atoms with Crippen LogP contribution >= 0.6 is 0 Å². The largest absolute Gasteiger partial charge is 0.497 e. The van der Waals surface area contributed by atoms with E-state index in [2.05, 4.69) is 30.3 Å². The zero-order chi connectivity index (χ0) is 16.6. The standard InChI is InChI=1S/C21H22O3/c1-23-17-11-9-16(10-12-17)20-14-18(15-6-3-2-4-7-15)19-8-5-13-21(19,22)24-20/h2-4,6-7,9-12,14,18-19,22H,5,8,13H2,1H3/t18-,19-,21+/m1/s1. The third kappa shape index (κ3) is 2.59. The van der Waals surface area contributed by atoms with E-state index in [-0.39, 0.29) is 11.8 Å². The van der Waals surface area contributed by atoms with Crippen LogP contribution in [0, 0.1) is 5.92 Å². The Balaban J connectivity index is 1.75. The molecule has 1 aliphatic carbocycles. The summed E-state index contributed by atoms with van der Waals surface area (Å²) in [6.45, 7) is 0. The van der Waals surface area contributed by atoms with E-state index in [9.17, 15) is 5.11 Å². The second kappa shape index (κ2) is 5.99. The number of ether oxygens (including phenoxy) is 2. The first-order valence-corrected chi connectivity index (χ1v) is 8.52. The van der Waals surface area contributed by atoms with Crippen LogP contribution in [0.4, 0.5) is 0 Å². The first-order chi connectivity index (χ1) is 11.7. The van der Waals surface area contributed by atoms with Gasteiger partial charge in [-0.25, -0.2) is 0 Å². The predicted octanol–water partition coefficient (Wildman–Crippen LogP) is 4.34. The van der Waals surface area contributed by atoms with Crippen molar-refractivity contribution in [1.82, 2.24) is 0 Å². The molecule has 0 spiro atoms. The zero-order valence-electron chi connectivity index (χ0n) is 13.8. The van der Waals surface area contributed by atoms with Crippen LogP contribution in [0.25, 0.3) is 5.76 Å². The van der Waals surface area contributed by atoms with Crippen LogP contribution in [0.5, 0.6) is 5.75 Å². The summed E-state index contributed by atoms with van der Waals surface area (Å²) in [4.78, 5) is 0. The molecule has 0 aromatic heterocycles. The van der Waals surface area contributed by atoms with E-state index in [1.807, 2.05) is 30.3 Å². The second-order valence-corrected chi connectivity index (χ2v) is 6.64. The molecule has 2 aromatic rings. The van der Waals surface area contributed by atoms with Crippen molar-refractivity contribution in [1.29, 1.82) is 0 Å². The van der Waals surface area contributed by atoms with Gasteiger partial charge in [-0.2, -0.15) is 0 Å². The molecule has 24 heavy (non-hydrogen) atoms. The Morgan fingerprint density at radius 2 is 1.83 bits per heavy atom. The fourth-order valence-electron chi connectivity index (χ4n) is 3.99. The molecule has 0 unspecified atom stereocenters. The van der Waals surface area contributed by atoms with Crippen LogP contribution < -0.4 is 4.74 Å². The number of benzene rings is 2. The smallest absolute Gasteiger partial charge is 0.211 e. The van der Waals surface area contributed by atoms with Crippen molar-refractivity contribution in [3.8, 4) is 5.75 Å². The number of methoxy groups -OCH3 is 1. The lowest BCUT2D eigenvalue weighted by Crippen LogP contribution is -2.41. The summed E-state index contributed by atoms with van der Waals surface area (Å²) in [6, 6.07) is 18.2. The van der Waals surface area contributed by atoms with Gasteiger partial charge in [-0.05, 0) is 48.7 Å². The summed E-state index contributed by atoms with van der Waals surface area (Å²) in [5.41, 5.74) is 2.20. The molecular formula is C21H22O3. The highest BCUT2D eigenvalue weighted by molar-refractivity contribution is 5.63. The molecule has 0 amide bonds. The van der Waals surface area contributed by atoms with Gasteiger partial charge in [-0.15, -0.1) is 0 Å². The molecule has 1 saturated carbocycles. The first kappa shape index (κ1) is 15.3. The lowest BCUT2D eigenvalue weighted by molar-refractivity contribution is -0.190. The second-order valence-electron chi connectivity index (χ2n) is 6.64. The van der Waals surface area contributed by atoms with E-state index in [0.717, 1.165) is 29.9 Å². The molecule has 0 saturated heterocycles. The van der Waals surface area contributed by atoms with Crippen molar-refractivity contribution < 1.29 is 14.6 Å². The van der Waals surface area contributed by atoms with Crippen LogP contribution in [0.2, 0.25) is 0 Å². The molecule has 2 aliphatic rings. The van der Waals surface area contributed by atoms with E-state index < -0.39 is 5.79 Å². The molecule has 0 bridgehead atoms. The van der Waals surface area contributed by atoms with Crippen LogP contribution in [-0.2, 0) is 4.74 Å². The van der Waals surface area contributed by atoms with E-state index in [1.165, 1.54) is 5.56 Å². The molecule has 3 atom stereocenters. The van der Waals surface area contributed by atoms with Gasteiger partial charge in [0, 0.05) is 23.8 Å². The van der Waals surface area contributed by atoms with Crippen molar-refractivity contribution in [2.24, 2.45) is 5.92 Å². The summed E-state index contributed by atoms with van der Waals surface area (Å²) >= 11 is 0. The normalized spacial score (nSPS) is 28.7. The van der Waals surface area contributed by atoms with Crippen molar-refractivity contribution >= 4 is 5.76 Å². The first-order valence-electron chi connectivity index (χ1n) is 8.52. The van der Waals surface area contributed by atoms with Gasteiger partial charge in [0.2, 0.25) is 5.79 Å². The van der Waals surface area contributed by atoms with Gasteiger partial charge in [0.05, 0.1) is 7.11 Å². The van der Waals surface area contributed by atoms with E-state index >= 15 is 0 Å². The summed E-state index contributed by atoms with van der Waals surface area (Å²) < 4.78 is 11.3. The zero-order valence-corrected chi connectivity index (χ0v) is 13.8. The maximum Gasteiger partial charge on any atom is 0.211 e. The monoisotopic (exact) mass is 322 g/mol. The van der Waals surface area contributed by atoms with Gasteiger partial charge in [0.15, 0.2) is 0 Å². The van der Waals surface area contributed by atoms with Gasteiger partial charge in [0.1, 0.15) is 11.5 Å². The van der Waals surface area contributed by atoms with Gasteiger partial charge >= 0.3 is 0 Å². The maximum atomic E-state index is 11.1. The van der Waals surface area contributed by atoms with E-state index in [0.29, 0.717) is 6.42 Å². The molecule has 4 rings (SSSR count). The van der Waals surface area contributed by atoms with Crippen molar-refractivity contribution in [3.05, 3.63) is 71.8 Å². The van der Waals surface area contributed by atoms with Crippen LogP contribution in [0.1, 0.15) is 36.3 Å². The molecule has 0 radical (unpaired) electrons. The van der Waals surface area contributed by atoms with Crippen LogP contribution in [-0.4, -0.2) is 18.0 Å². The minimum Gasteiger partial charge on any atom is -0.497 e. The molecule has 124 valence electrons. The Hall–Kier alpha value is -2.26. The van der Waals surface area contributed by atoms with Crippen LogP contribution in [0.15, 0.2) is 60.7 Å². The number of allylic oxidation sites excluding steroid dienone is 1. The Kier molecular flexibility index (Phi) is 3.81. The maximum absolute atomic E-state index is 11.1. The molecule has 1 aliphatic heterocycles. The van der Waals surface area contributed by atoms with Gasteiger partial charge in [-0.1, -0.05) is 30.3 Å². The third-order valence-corrected chi connectivity index (χ3v) is 5.24. The number of hydrogen-bond donors (Lipinski definition) is 1. The molecule has 1 fully saturated rings. The fourth-order valence-corrected chi connectivity index (χ4v) is 3.99. The Bertz CT molecular complexity index is 735. The molecule has 2 aromatic carbocycles. The van der Waals surface area contributed by atoms with E-state index in [4.69, 9.17) is 9.47 Å². The summed E-state index contributed by atoms with van der Waals surface area (Å²) in [5, 5.41) is 11.1. The van der Waals surface area contributed by atoms with Crippen molar-refractivity contribution in [2.75, 3.05) is 7.11 Å². The molecule has 3 heteroatoms. The Labute approximate surface area is 142 Å². The molecule has 3 nitrogen and oxygen atoms in total. The lowest BCUT2D eigenvalue weighted by Gasteiger charge is -2.40. The lowest BCUT2D eigenvalue weighted by atomic mass is 9.79. The fraction of sp³-hybridized carbons (Fsp3) is 0.333. The Morgan fingerprint density at radius 1 is 1.08 bits per heavy atom. The van der Waals surface area contributed by atoms with Crippen molar-refractivity contribution in [2.45, 2.75) is 31.0 Å². The SMILES string of the molecule is COc1ccc(C2=C[C@H](c3ccccc3)[C@H]3CCC[C@]3(O)O2)cc1. The third-order valence-electron chi connectivity index (χ3n) is 5.24. The topological polar surface area (TPSA) is 38.7 Å². The summed E-state index contributed by atoms with van der Waals surface area (Å²) in [6.07, 6.45) is 4.84. The molecule has 1 heterocycles. The van der Waals surface area contributed by atoms with Gasteiger partial charge < -0.3 is 14.6 Å². The molecule has 1 N–H and O–H groups in total. The summed E-state index contributed by atoms with van der Waals surface area (Å²) in [7, 11) is 1.66. The van der Waals surface area contributed by atoms with E-state index in [1.54, 1.807) is 7.11 Å². The van der Waals surface area contributed by atoms with Crippen LogP contribution in [0.3, 0.4) is 0 Å². The minimum absolute atomic E-state index is 0.113. The number of fused-ring (bicyclic) bond motifs is 1. The van der Waals surface area contributed by atoms with Gasteiger partial charge in [0.25, 0.3) is 0 Å². The highest BCUT2D eigenvalue weighted by Gasteiger charge is 2.50. The quantitative estimate of drug-likeness (QED) is 0.913. The highest BCUT2D eigenvalue weighted by Crippen LogP contribution is 2.51. The number of hydrogen-bond acceptors (Lipinski definition) is 3. The predicted molar refractivity (Wildman–Crippen MR) is 93.5 cm³/mol. The summed E-state index contributed by atoms with van der Waals surface area (Å²) in [5.74, 6) is 0.788. The number of rotatable bonds is 3. The molecular weight excluding hydrogens is 300 g/mol.